The van der Waals surface area contributed by atoms with E-state index in [1.54, 1.807) is 19.1 Å². The van der Waals surface area contributed by atoms with E-state index in [1.165, 1.54) is 18.2 Å². The molecule has 1 rings (SSSR count). The number of carbonyl (C=O) groups excluding carboxylic acids is 2. The van der Waals surface area contributed by atoms with Gasteiger partial charge in [-0.25, -0.2) is 9.59 Å². The summed E-state index contributed by atoms with van der Waals surface area (Å²) in [4.78, 5) is 26.8. The maximum absolute atomic E-state index is 10.00. The Balaban J connectivity index is 0.00000169. The molecule has 0 aliphatic rings. The molecule has 72 valence electrons. The first-order valence-electron chi connectivity index (χ1n) is 3.54. The Kier molecular flexibility index (Phi) is 4.74. The molecule has 0 aliphatic heterocycles. The van der Waals surface area contributed by atoms with Crippen molar-refractivity contribution in [1.29, 1.82) is 0 Å². The molecule has 0 saturated heterocycles. The van der Waals surface area contributed by atoms with Gasteiger partial charge >= 0.3 is 0 Å². The first-order chi connectivity index (χ1) is 6.27. The second-order valence-corrected chi connectivity index (χ2v) is 2.38. The van der Waals surface area contributed by atoms with E-state index in [4.69, 9.17) is 0 Å². The first-order valence-corrected chi connectivity index (χ1v) is 3.54. The highest BCUT2D eigenvalue weighted by Crippen LogP contribution is 2.23. The first kappa shape index (κ1) is 11.9. The molecule has 0 radical (unpaired) electrons. The van der Waals surface area contributed by atoms with Crippen molar-refractivity contribution in [3.8, 4) is 0 Å². The summed E-state index contributed by atoms with van der Waals surface area (Å²) in [7, 11) is 0. The minimum absolute atomic E-state index is 0. The van der Waals surface area contributed by atoms with Crippen LogP contribution in [-0.2, 0) is 9.59 Å². The van der Waals surface area contributed by atoms with Crippen LogP contribution < -0.4 is 6.15 Å². The van der Waals surface area contributed by atoms with Crippen molar-refractivity contribution in [3.63, 3.8) is 0 Å². The van der Waals surface area contributed by atoms with Crippen LogP contribution in [-0.4, -0.2) is 12.2 Å². The van der Waals surface area contributed by atoms with Crippen molar-refractivity contribution < 1.29 is 9.59 Å². The van der Waals surface area contributed by atoms with E-state index < -0.39 is 0 Å². The van der Waals surface area contributed by atoms with Crippen molar-refractivity contribution in [1.82, 2.24) is 6.15 Å². The van der Waals surface area contributed by atoms with Gasteiger partial charge in [0, 0.05) is 0 Å². The predicted octanol–water partition coefficient (Wildman–Crippen LogP) is 2.09. The van der Waals surface area contributed by atoms with Crippen LogP contribution in [0.25, 0.3) is 0 Å². The van der Waals surface area contributed by atoms with Crippen LogP contribution in [0.5, 0.6) is 0 Å². The van der Waals surface area contributed by atoms with Crippen LogP contribution in [0, 0.1) is 6.92 Å². The number of rotatable bonds is 2. The van der Waals surface area contributed by atoms with Gasteiger partial charge in [-0.05, 0) is 24.6 Å². The van der Waals surface area contributed by atoms with E-state index in [-0.39, 0.29) is 6.15 Å². The van der Waals surface area contributed by atoms with Crippen LogP contribution in [0.2, 0.25) is 0 Å². The smallest absolute Gasteiger partial charge is 0.240 e. The molecule has 0 heterocycles. The summed E-state index contributed by atoms with van der Waals surface area (Å²) in [6, 6.07) is 4.88. The van der Waals surface area contributed by atoms with Gasteiger partial charge in [0.05, 0.1) is 11.4 Å². The minimum atomic E-state index is 0. The van der Waals surface area contributed by atoms with Crippen LogP contribution >= 0.6 is 0 Å². The van der Waals surface area contributed by atoms with Gasteiger partial charge in [0.15, 0.2) is 0 Å². The highest BCUT2D eigenvalue weighted by atomic mass is 16.1. The number of benzene rings is 1. The fraction of sp³-hybridized carbons (Fsp3) is 0.111. The van der Waals surface area contributed by atoms with Gasteiger partial charge in [-0.1, -0.05) is 6.07 Å². The van der Waals surface area contributed by atoms with E-state index >= 15 is 0 Å². The summed E-state index contributed by atoms with van der Waals surface area (Å²) in [5.41, 5.74) is 1.72. The van der Waals surface area contributed by atoms with E-state index in [2.05, 4.69) is 9.98 Å². The normalized spacial score (nSPS) is 7.79. The summed E-state index contributed by atoms with van der Waals surface area (Å²) in [6.07, 6.45) is 2.84. The van der Waals surface area contributed by atoms with Crippen LogP contribution in [0.15, 0.2) is 28.2 Å². The molecule has 0 atom stereocenters. The summed E-state index contributed by atoms with van der Waals surface area (Å²) in [5.74, 6) is 0. The van der Waals surface area contributed by atoms with Gasteiger partial charge in [-0.3, -0.25) is 0 Å². The summed E-state index contributed by atoms with van der Waals surface area (Å²) in [6.45, 7) is 1.80. The third kappa shape index (κ3) is 2.77. The average molecular weight is 191 g/mol. The number of hydrogen-bond acceptors (Lipinski definition) is 5. The molecule has 1 aromatic carbocycles. The molecular formula is C9H9N3O2. The molecule has 0 aliphatic carbocycles. The van der Waals surface area contributed by atoms with Gasteiger partial charge in [-0.15, -0.1) is 0 Å². The SMILES string of the molecule is Cc1ccc(N=C=O)cc1N=C=O.N. The fourth-order valence-corrected chi connectivity index (χ4v) is 0.890. The quantitative estimate of drug-likeness (QED) is 0.572. The third-order valence-corrected chi connectivity index (χ3v) is 1.53. The molecule has 0 spiro atoms. The van der Waals surface area contributed by atoms with Gasteiger partial charge < -0.3 is 6.15 Å². The zero-order valence-corrected chi connectivity index (χ0v) is 7.65. The topological polar surface area (TPSA) is 93.9 Å². The lowest BCUT2D eigenvalue weighted by molar-refractivity contribution is 0.565. The van der Waals surface area contributed by atoms with Gasteiger partial charge in [0.1, 0.15) is 0 Å². The summed E-state index contributed by atoms with van der Waals surface area (Å²) in [5, 5.41) is 0. The zero-order chi connectivity index (χ0) is 9.68. The van der Waals surface area contributed by atoms with Crippen LogP contribution in [0.1, 0.15) is 5.56 Å². The van der Waals surface area contributed by atoms with Crippen molar-refractivity contribution in [2.24, 2.45) is 9.98 Å². The lowest BCUT2D eigenvalue weighted by Crippen LogP contribution is -1.73. The molecule has 5 nitrogen and oxygen atoms in total. The van der Waals surface area contributed by atoms with Crippen molar-refractivity contribution in [2.75, 3.05) is 0 Å². The molecule has 0 unspecified atom stereocenters. The number of isocyanates is 2. The molecule has 1 aromatic rings. The second kappa shape index (κ2) is 5.56. The Morgan fingerprint density at radius 3 is 2.36 bits per heavy atom. The molecule has 14 heavy (non-hydrogen) atoms. The monoisotopic (exact) mass is 191 g/mol. The number of aliphatic imine (C=N–C) groups is 2. The lowest BCUT2D eigenvalue weighted by Gasteiger charge is -1.97. The molecule has 5 heteroatoms. The molecule has 3 N–H and O–H groups in total. The number of aryl methyl sites for hydroxylation is 1. The third-order valence-electron chi connectivity index (χ3n) is 1.53. The molecule has 0 saturated carbocycles. The van der Waals surface area contributed by atoms with Gasteiger partial charge in [0.2, 0.25) is 12.2 Å². The Hall–Kier alpha value is -2.06. The summed E-state index contributed by atoms with van der Waals surface area (Å²) >= 11 is 0. The van der Waals surface area contributed by atoms with E-state index in [1.807, 2.05) is 0 Å². The molecule has 0 bridgehead atoms. The summed E-state index contributed by atoms with van der Waals surface area (Å²) < 4.78 is 0. The van der Waals surface area contributed by atoms with Crippen molar-refractivity contribution in [2.45, 2.75) is 6.92 Å². The predicted molar refractivity (Wildman–Crippen MR) is 51.8 cm³/mol. The van der Waals surface area contributed by atoms with E-state index in [9.17, 15) is 9.59 Å². The zero-order valence-electron chi connectivity index (χ0n) is 7.65. The molecular weight excluding hydrogens is 182 g/mol. The van der Waals surface area contributed by atoms with Gasteiger partial charge in [-0.2, -0.15) is 9.98 Å². The largest absolute Gasteiger partial charge is 0.344 e. The number of nitrogens with zero attached hydrogens (tertiary/aromatic N) is 2. The molecule has 0 aromatic heterocycles. The van der Waals surface area contributed by atoms with Gasteiger partial charge in [0.25, 0.3) is 0 Å². The Morgan fingerprint density at radius 2 is 1.79 bits per heavy atom. The highest BCUT2D eigenvalue weighted by Gasteiger charge is 1.97. The Labute approximate surface area is 80.8 Å². The second-order valence-electron chi connectivity index (χ2n) is 2.38. The minimum Gasteiger partial charge on any atom is -0.344 e. The molecule has 0 fully saturated rings. The lowest BCUT2D eigenvalue weighted by atomic mass is 10.2. The van der Waals surface area contributed by atoms with Crippen LogP contribution in [0.4, 0.5) is 11.4 Å². The maximum atomic E-state index is 10.00. The Morgan fingerprint density at radius 1 is 1.14 bits per heavy atom. The average Bonchev–Trinajstić information content (AvgIpc) is 2.12. The van der Waals surface area contributed by atoms with Crippen molar-refractivity contribution in [3.05, 3.63) is 23.8 Å². The maximum Gasteiger partial charge on any atom is 0.240 e. The van der Waals surface area contributed by atoms with Crippen LogP contribution in [0.3, 0.4) is 0 Å². The fourth-order valence-electron chi connectivity index (χ4n) is 0.890. The highest BCUT2D eigenvalue weighted by molar-refractivity contribution is 5.61. The van der Waals surface area contributed by atoms with Crippen molar-refractivity contribution >= 4 is 23.5 Å². The molecule has 0 amide bonds. The van der Waals surface area contributed by atoms with E-state index in [0.717, 1.165) is 5.56 Å². The Bertz CT molecular complexity index is 416. The number of hydrogen-bond donors (Lipinski definition) is 1. The van der Waals surface area contributed by atoms with E-state index in [0.29, 0.717) is 11.4 Å². The standard InChI is InChI=1S/C9H6N2O2.H3N/c1-7-2-3-8(10-5-12)4-9(7)11-6-13;/h2-4H,1H3;1H3.